The van der Waals surface area contributed by atoms with E-state index in [0.717, 1.165) is 23.1 Å². The summed E-state index contributed by atoms with van der Waals surface area (Å²) in [6.45, 7) is 0. The molecule has 0 saturated carbocycles. The molecular weight excluding hydrogens is 505 g/mol. The van der Waals surface area contributed by atoms with Crippen molar-refractivity contribution in [2.75, 3.05) is 0 Å². The van der Waals surface area contributed by atoms with Gasteiger partial charge in [0.1, 0.15) is 23.3 Å². The molecule has 6 nitrogen and oxygen atoms in total. The molecule has 0 aliphatic carbocycles. The Morgan fingerprint density at radius 2 is 1.89 bits per heavy atom. The maximum absolute atomic E-state index is 13.1. The summed E-state index contributed by atoms with van der Waals surface area (Å²) < 4.78 is 44.8. The standard InChI is InChI=1S/C24H16ClF3N2O4S/c25-17-8-6-14(24(26,27)28)11-16(17)20-9-7-15(34-20)12-18-21(31)30(23(35)29-18)19(22(32)33)10-13-4-2-1-3-5-13/h1-9,11-12,19H,10H2,(H,29,35)(H,32,33)/t19-/m0/s1. The Hall–Kier alpha value is -3.63. The van der Waals surface area contributed by atoms with Crippen LogP contribution in [0.25, 0.3) is 17.4 Å². The molecule has 2 aromatic carbocycles. The maximum Gasteiger partial charge on any atom is 0.416 e. The molecule has 11 heteroatoms. The molecular formula is C24H16ClF3N2O4S. The van der Waals surface area contributed by atoms with Crippen LogP contribution >= 0.6 is 23.8 Å². The van der Waals surface area contributed by atoms with Crippen LogP contribution in [0.4, 0.5) is 13.2 Å². The third kappa shape index (κ3) is 5.23. The summed E-state index contributed by atoms with van der Waals surface area (Å²) >= 11 is 11.3. The molecule has 1 saturated heterocycles. The summed E-state index contributed by atoms with van der Waals surface area (Å²) in [6, 6.07) is 13.3. The van der Waals surface area contributed by atoms with Gasteiger partial charge in [0.25, 0.3) is 5.91 Å². The van der Waals surface area contributed by atoms with Crippen LogP contribution in [0.5, 0.6) is 0 Å². The number of carbonyl (C=O) groups excluding carboxylic acids is 1. The molecule has 1 fully saturated rings. The van der Waals surface area contributed by atoms with Gasteiger partial charge in [0.05, 0.1) is 10.6 Å². The monoisotopic (exact) mass is 520 g/mol. The zero-order valence-electron chi connectivity index (χ0n) is 17.7. The van der Waals surface area contributed by atoms with E-state index >= 15 is 0 Å². The van der Waals surface area contributed by atoms with Gasteiger partial charge in [-0.1, -0.05) is 41.9 Å². The second-order valence-corrected chi connectivity index (χ2v) is 8.40. The molecule has 0 spiro atoms. The molecule has 3 aromatic rings. The number of hydrogen-bond acceptors (Lipinski definition) is 4. The van der Waals surface area contributed by atoms with Crippen LogP contribution in [0, 0.1) is 0 Å². The van der Waals surface area contributed by atoms with Gasteiger partial charge in [0, 0.05) is 18.1 Å². The van der Waals surface area contributed by atoms with Crippen molar-refractivity contribution in [2.24, 2.45) is 0 Å². The van der Waals surface area contributed by atoms with Crippen LogP contribution in [0.3, 0.4) is 0 Å². The molecule has 0 unspecified atom stereocenters. The van der Waals surface area contributed by atoms with E-state index in [1.807, 2.05) is 0 Å². The number of furan rings is 1. The van der Waals surface area contributed by atoms with Crippen LogP contribution in [0.1, 0.15) is 16.9 Å². The first kappa shape index (κ1) is 24.5. The number of alkyl halides is 3. The lowest BCUT2D eigenvalue weighted by atomic mass is 10.0. The number of amides is 1. The van der Waals surface area contributed by atoms with E-state index in [1.165, 1.54) is 18.2 Å². The number of carbonyl (C=O) groups is 2. The summed E-state index contributed by atoms with van der Waals surface area (Å²) in [7, 11) is 0. The van der Waals surface area contributed by atoms with E-state index in [-0.39, 0.29) is 39.3 Å². The number of benzene rings is 2. The lowest BCUT2D eigenvalue weighted by Crippen LogP contribution is -2.46. The number of carboxylic acids is 1. The normalized spacial score (nSPS) is 16.0. The Balaban J connectivity index is 1.60. The highest BCUT2D eigenvalue weighted by Crippen LogP contribution is 2.36. The van der Waals surface area contributed by atoms with Crippen LogP contribution in [-0.2, 0) is 22.2 Å². The number of thiocarbonyl (C=S) groups is 1. The van der Waals surface area contributed by atoms with Crippen molar-refractivity contribution in [3.63, 3.8) is 0 Å². The number of hydrogen-bond donors (Lipinski definition) is 2. The average Bonchev–Trinajstić information content (AvgIpc) is 3.36. The highest BCUT2D eigenvalue weighted by atomic mass is 35.5. The minimum atomic E-state index is -4.56. The molecule has 1 amide bonds. The minimum Gasteiger partial charge on any atom is -0.480 e. The number of halogens is 4. The summed E-state index contributed by atoms with van der Waals surface area (Å²) in [4.78, 5) is 25.9. The third-order valence-electron chi connectivity index (χ3n) is 5.25. The van der Waals surface area contributed by atoms with Crippen molar-refractivity contribution >= 4 is 46.9 Å². The number of rotatable bonds is 6. The summed E-state index contributed by atoms with van der Waals surface area (Å²) in [5.74, 6) is -1.71. The van der Waals surface area contributed by atoms with Crippen molar-refractivity contribution in [1.82, 2.24) is 10.2 Å². The van der Waals surface area contributed by atoms with Crippen molar-refractivity contribution in [2.45, 2.75) is 18.6 Å². The third-order valence-corrected chi connectivity index (χ3v) is 5.88. The molecule has 1 aliphatic heterocycles. The van der Waals surface area contributed by atoms with E-state index < -0.39 is 29.7 Å². The van der Waals surface area contributed by atoms with Gasteiger partial charge in [-0.15, -0.1) is 0 Å². The predicted molar refractivity (Wildman–Crippen MR) is 126 cm³/mol. The fraction of sp³-hybridized carbons (Fsp3) is 0.125. The predicted octanol–water partition coefficient (Wildman–Crippen LogP) is 5.37. The maximum atomic E-state index is 13.1. The highest BCUT2D eigenvalue weighted by Gasteiger charge is 2.40. The van der Waals surface area contributed by atoms with Crippen molar-refractivity contribution in [3.05, 3.63) is 88.3 Å². The SMILES string of the molecule is O=C(O)[C@H](Cc1ccccc1)N1C(=O)C(=Cc2ccc(-c3cc(C(F)(F)F)ccc3Cl)o2)NC1=S. The first-order chi connectivity index (χ1) is 16.5. The van der Waals surface area contributed by atoms with Gasteiger partial charge in [0.15, 0.2) is 5.11 Å². The molecule has 1 atom stereocenters. The first-order valence-electron chi connectivity index (χ1n) is 10.1. The van der Waals surface area contributed by atoms with Crippen LogP contribution < -0.4 is 5.32 Å². The molecule has 1 aromatic heterocycles. The molecule has 0 radical (unpaired) electrons. The highest BCUT2D eigenvalue weighted by molar-refractivity contribution is 7.80. The summed E-state index contributed by atoms with van der Waals surface area (Å²) in [5, 5.41) is 12.4. The topological polar surface area (TPSA) is 82.8 Å². The molecule has 4 rings (SSSR count). The Morgan fingerprint density at radius 3 is 2.54 bits per heavy atom. The summed E-state index contributed by atoms with van der Waals surface area (Å²) in [5.41, 5.74) is -0.185. The zero-order valence-corrected chi connectivity index (χ0v) is 19.2. The largest absolute Gasteiger partial charge is 0.480 e. The Labute approximate surface area is 207 Å². The molecule has 1 aliphatic rings. The average molecular weight is 521 g/mol. The molecule has 2 heterocycles. The van der Waals surface area contributed by atoms with E-state index in [2.05, 4.69) is 5.32 Å². The van der Waals surface area contributed by atoms with Crippen LogP contribution in [0.2, 0.25) is 5.02 Å². The lowest BCUT2D eigenvalue weighted by Gasteiger charge is -2.22. The fourth-order valence-electron chi connectivity index (χ4n) is 3.57. The Kier molecular flexibility index (Phi) is 6.68. The van der Waals surface area contributed by atoms with Crippen LogP contribution in [-0.4, -0.2) is 33.0 Å². The van der Waals surface area contributed by atoms with E-state index in [4.69, 9.17) is 28.2 Å². The lowest BCUT2D eigenvalue weighted by molar-refractivity contribution is -0.145. The molecule has 180 valence electrons. The van der Waals surface area contributed by atoms with Crippen molar-refractivity contribution < 1.29 is 32.3 Å². The van der Waals surface area contributed by atoms with Gasteiger partial charge in [-0.05, 0) is 48.1 Å². The van der Waals surface area contributed by atoms with E-state index in [9.17, 15) is 27.9 Å². The number of nitrogens with zero attached hydrogens (tertiary/aromatic N) is 1. The van der Waals surface area contributed by atoms with Gasteiger partial charge >= 0.3 is 12.1 Å². The van der Waals surface area contributed by atoms with Crippen LogP contribution in [0.15, 0.2) is 70.8 Å². The van der Waals surface area contributed by atoms with Gasteiger partial charge < -0.3 is 14.8 Å². The zero-order chi connectivity index (χ0) is 25.3. The van der Waals surface area contributed by atoms with Gasteiger partial charge in [-0.2, -0.15) is 13.2 Å². The van der Waals surface area contributed by atoms with Gasteiger partial charge in [-0.25, -0.2) is 4.79 Å². The van der Waals surface area contributed by atoms with Crippen molar-refractivity contribution in [1.29, 1.82) is 0 Å². The second kappa shape index (κ2) is 9.55. The van der Waals surface area contributed by atoms with Gasteiger partial charge in [-0.3, -0.25) is 9.69 Å². The van der Waals surface area contributed by atoms with Crippen molar-refractivity contribution in [3.8, 4) is 11.3 Å². The molecule has 0 bridgehead atoms. The quantitative estimate of drug-likeness (QED) is 0.336. The summed E-state index contributed by atoms with van der Waals surface area (Å²) in [6.07, 6.45) is -3.23. The number of nitrogens with one attached hydrogen (secondary N) is 1. The minimum absolute atomic E-state index is 0.0304. The Bertz CT molecular complexity index is 1340. The fourth-order valence-corrected chi connectivity index (χ4v) is 4.10. The smallest absolute Gasteiger partial charge is 0.416 e. The van der Waals surface area contributed by atoms with E-state index in [1.54, 1.807) is 30.3 Å². The molecule has 2 N–H and O–H groups in total. The Morgan fingerprint density at radius 1 is 1.17 bits per heavy atom. The number of carboxylic acid groups (broad SMARTS) is 1. The van der Waals surface area contributed by atoms with E-state index in [0.29, 0.717) is 5.56 Å². The second-order valence-electron chi connectivity index (χ2n) is 7.60. The number of aliphatic carboxylic acids is 1. The molecule has 35 heavy (non-hydrogen) atoms. The first-order valence-corrected chi connectivity index (χ1v) is 10.9. The van der Waals surface area contributed by atoms with Gasteiger partial charge in [0.2, 0.25) is 0 Å².